The average Bonchev–Trinajstić information content (AvgIpc) is 3.47. The van der Waals surface area contributed by atoms with Crippen molar-refractivity contribution in [1.29, 1.82) is 0 Å². The van der Waals surface area contributed by atoms with Gasteiger partial charge in [-0.05, 0) is 84.9 Å². The Morgan fingerprint density at radius 3 is 2.04 bits per heavy atom. The number of fused-ring (bicyclic) bond motifs is 4. The van der Waals surface area contributed by atoms with Gasteiger partial charge in [-0.25, -0.2) is 0 Å². The van der Waals surface area contributed by atoms with Crippen LogP contribution in [0.2, 0.25) is 0 Å². The van der Waals surface area contributed by atoms with E-state index in [1.807, 2.05) is 0 Å². The molecular weight excluding hydrogens is 556 g/mol. The van der Waals surface area contributed by atoms with Crippen LogP contribution in [0.5, 0.6) is 0 Å². The summed E-state index contributed by atoms with van der Waals surface area (Å²) in [7, 11) is 4.59. The second kappa shape index (κ2) is 12.0. The molecule has 2 aliphatic heterocycles. The maximum Gasteiger partial charge on any atom is 0.209 e. The second-order valence-corrected chi connectivity index (χ2v) is 14.5. The van der Waals surface area contributed by atoms with E-state index >= 15 is 0 Å². The molecule has 5 aliphatic rings. The van der Waals surface area contributed by atoms with E-state index in [1.54, 1.807) is 11.1 Å². The van der Waals surface area contributed by atoms with Crippen LogP contribution >= 0.6 is 0 Å². The standard InChI is InChI=1S/C44H49N2/c1-45-38-23-10-8-21-36(38)43(29-12-4-13-30-43)40(45)27-25-34-19-16-20-35(42(34)33-17-6-3-7-18-33)26-28-41-44(31-14-5-15-32-44)37-22-9-11-24-39(37)46(41)2/h3,6-11,17-18,21-28H,4-5,12-16,19-20,29-32H2,1-2H3/q+1. The Balaban J connectivity index is 1.23. The predicted molar refractivity (Wildman–Crippen MR) is 194 cm³/mol. The summed E-state index contributed by atoms with van der Waals surface area (Å²) in [6.45, 7) is 0. The van der Waals surface area contributed by atoms with Crippen LogP contribution in [-0.2, 0) is 10.8 Å². The molecule has 234 valence electrons. The lowest BCUT2D eigenvalue weighted by atomic mass is 9.67. The van der Waals surface area contributed by atoms with Crippen molar-refractivity contribution in [3.8, 4) is 0 Å². The van der Waals surface area contributed by atoms with Gasteiger partial charge in [-0.3, -0.25) is 0 Å². The molecule has 3 aromatic rings. The van der Waals surface area contributed by atoms with Gasteiger partial charge in [-0.15, -0.1) is 0 Å². The third kappa shape index (κ3) is 4.71. The second-order valence-electron chi connectivity index (χ2n) is 14.5. The van der Waals surface area contributed by atoms with Crippen LogP contribution in [-0.4, -0.2) is 24.4 Å². The van der Waals surface area contributed by atoms with E-state index in [9.17, 15) is 0 Å². The molecule has 2 saturated carbocycles. The van der Waals surface area contributed by atoms with Gasteiger partial charge in [0.15, 0.2) is 5.71 Å². The number of benzene rings is 3. The first-order valence-electron chi connectivity index (χ1n) is 18.0. The highest BCUT2D eigenvalue weighted by Crippen LogP contribution is 2.55. The zero-order chi connectivity index (χ0) is 31.1. The molecule has 8 rings (SSSR count). The topological polar surface area (TPSA) is 6.25 Å². The molecule has 0 atom stereocenters. The van der Waals surface area contributed by atoms with Crippen molar-refractivity contribution in [2.45, 2.75) is 94.3 Å². The Morgan fingerprint density at radius 1 is 0.630 bits per heavy atom. The zero-order valence-electron chi connectivity index (χ0n) is 27.9. The fourth-order valence-corrected chi connectivity index (χ4v) is 10.0. The molecule has 3 aromatic carbocycles. The summed E-state index contributed by atoms with van der Waals surface area (Å²) in [6.07, 6.45) is 26.5. The number of nitrogens with zero attached hydrogens (tertiary/aromatic N) is 2. The van der Waals surface area contributed by atoms with Crippen molar-refractivity contribution in [3.63, 3.8) is 0 Å². The molecule has 0 amide bonds. The molecule has 0 unspecified atom stereocenters. The summed E-state index contributed by atoms with van der Waals surface area (Å²) >= 11 is 0. The molecule has 46 heavy (non-hydrogen) atoms. The fourth-order valence-electron chi connectivity index (χ4n) is 10.0. The molecule has 0 N–H and O–H groups in total. The molecule has 0 aromatic heterocycles. The van der Waals surface area contributed by atoms with Gasteiger partial charge in [0.25, 0.3) is 0 Å². The van der Waals surface area contributed by atoms with Crippen molar-refractivity contribution >= 4 is 22.7 Å². The van der Waals surface area contributed by atoms with Gasteiger partial charge >= 0.3 is 0 Å². The van der Waals surface area contributed by atoms with E-state index in [-0.39, 0.29) is 10.8 Å². The lowest BCUT2D eigenvalue weighted by molar-refractivity contribution is -0.401. The number of para-hydroxylation sites is 2. The zero-order valence-corrected chi connectivity index (χ0v) is 27.9. The van der Waals surface area contributed by atoms with Gasteiger partial charge in [0.1, 0.15) is 7.05 Å². The molecule has 0 bridgehead atoms. The lowest BCUT2D eigenvalue weighted by Gasteiger charge is -2.36. The Bertz CT molecular complexity index is 1780. The summed E-state index contributed by atoms with van der Waals surface area (Å²) in [5, 5.41) is 0. The smallest absolute Gasteiger partial charge is 0.209 e. The molecule has 2 heteroatoms. The van der Waals surface area contributed by atoms with Crippen molar-refractivity contribution in [2.75, 3.05) is 19.0 Å². The first-order valence-corrected chi connectivity index (χ1v) is 18.0. The minimum atomic E-state index is 0.154. The Hall–Kier alpha value is -3.91. The highest BCUT2D eigenvalue weighted by molar-refractivity contribution is 6.04. The van der Waals surface area contributed by atoms with E-state index in [0.29, 0.717) is 0 Å². The minimum Gasteiger partial charge on any atom is -0.347 e. The third-order valence-electron chi connectivity index (χ3n) is 12.2. The number of hydrogen-bond acceptors (Lipinski definition) is 1. The van der Waals surface area contributed by atoms with Crippen LogP contribution in [0.25, 0.3) is 5.57 Å². The van der Waals surface area contributed by atoms with E-state index in [0.717, 1.165) is 12.8 Å². The van der Waals surface area contributed by atoms with Gasteiger partial charge in [-0.1, -0.05) is 117 Å². The maximum atomic E-state index is 2.52. The third-order valence-corrected chi connectivity index (χ3v) is 12.2. The summed E-state index contributed by atoms with van der Waals surface area (Å²) < 4.78 is 2.50. The van der Waals surface area contributed by atoms with Crippen LogP contribution in [0.3, 0.4) is 0 Å². The Kier molecular flexibility index (Phi) is 7.71. The van der Waals surface area contributed by atoms with Gasteiger partial charge in [0.2, 0.25) is 5.69 Å². The fraction of sp³-hybridized carbons (Fsp3) is 0.386. The van der Waals surface area contributed by atoms with E-state index in [1.165, 1.54) is 116 Å². The molecule has 2 nitrogen and oxygen atoms in total. The van der Waals surface area contributed by atoms with Crippen LogP contribution in [0.15, 0.2) is 120 Å². The van der Waals surface area contributed by atoms with Crippen LogP contribution in [0.1, 0.15) is 100 Å². The van der Waals surface area contributed by atoms with Gasteiger partial charge in [0, 0.05) is 41.6 Å². The van der Waals surface area contributed by atoms with E-state index in [2.05, 4.69) is 127 Å². The van der Waals surface area contributed by atoms with Crippen molar-refractivity contribution in [3.05, 3.63) is 137 Å². The largest absolute Gasteiger partial charge is 0.347 e. The van der Waals surface area contributed by atoms with Crippen molar-refractivity contribution < 1.29 is 4.58 Å². The lowest BCUT2D eigenvalue weighted by Crippen LogP contribution is -2.36. The molecule has 3 aliphatic carbocycles. The molecule has 0 radical (unpaired) electrons. The number of allylic oxidation sites excluding steroid dienone is 8. The summed E-state index contributed by atoms with van der Waals surface area (Å²) in [5.41, 5.74) is 15.0. The monoisotopic (exact) mass is 605 g/mol. The molecule has 2 heterocycles. The van der Waals surface area contributed by atoms with Crippen molar-refractivity contribution in [1.82, 2.24) is 0 Å². The quantitative estimate of drug-likeness (QED) is 0.268. The molecular formula is C44H49N2+. The minimum absolute atomic E-state index is 0.154. The summed E-state index contributed by atoms with van der Waals surface area (Å²) in [6, 6.07) is 29.6. The first-order chi connectivity index (χ1) is 22.6. The van der Waals surface area contributed by atoms with Crippen LogP contribution in [0.4, 0.5) is 11.4 Å². The molecule has 2 fully saturated rings. The number of likely N-dealkylation sites (N-methyl/N-ethyl adjacent to an activating group) is 1. The Labute approximate surface area is 276 Å². The van der Waals surface area contributed by atoms with Crippen molar-refractivity contribution in [2.24, 2.45) is 0 Å². The first kappa shape index (κ1) is 29.5. The SMILES string of the molecule is CN1/C(=C/C=C2\CCCC(/C=C/C3=[N+](C)c4ccccc4C34CCCCC4)=C2c2ccccc2)C2(CCCCC2)c2ccccc21. The number of rotatable bonds is 4. The van der Waals surface area contributed by atoms with Gasteiger partial charge in [0.05, 0.1) is 5.41 Å². The average molecular weight is 606 g/mol. The normalized spacial score (nSPS) is 23.7. The van der Waals surface area contributed by atoms with Gasteiger partial charge < -0.3 is 4.90 Å². The van der Waals surface area contributed by atoms with Crippen LogP contribution < -0.4 is 4.90 Å². The summed E-state index contributed by atoms with van der Waals surface area (Å²) in [4.78, 5) is 2.50. The maximum absolute atomic E-state index is 2.52. The predicted octanol–water partition coefficient (Wildman–Crippen LogP) is 11.0. The molecule has 0 saturated heterocycles. The number of hydrogen-bond donors (Lipinski definition) is 0. The van der Waals surface area contributed by atoms with Crippen LogP contribution in [0, 0.1) is 0 Å². The summed E-state index contributed by atoms with van der Waals surface area (Å²) in [5.74, 6) is 0. The van der Waals surface area contributed by atoms with Gasteiger partial charge in [-0.2, -0.15) is 4.58 Å². The Morgan fingerprint density at radius 2 is 1.28 bits per heavy atom. The van der Waals surface area contributed by atoms with E-state index in [4.69, 9.17) is 0 Å². The molecule has 2 spiro atoms. The number of anilines is 1. The highest BCUT2D eigenvalue weighted by Gasteiger charge is 2.50. The van der Waals surface area contributed by atoms with E-state index < -0.39 is 0 Å². The highest BCUT2D eigenvalue weighted by atomic mass is 15.2.